The predicted octanol–water partition coefficient (Wildman–Crippen LogP) is 0.707. The zero-order valence-corrected chi connectivity index (χ0v) is 7.94. The Labute approximate surface area is 69.6 Å². The minimum Gasteiger partial charge on any atom is -0.462 e. The standard InChI is InChI=1S/C7H14O3S/c1-4-11(9)5-7(8)10-6(2)3/h6H,4-5H2,1-3H3. The summed E-state index contributed by atoms with van der Waals surface area (Å²) < 4.78 is 15.6. The molecular formula is C7H14O3S. The van der Waals surface area contributed by atoms with Gasteiger partial charge in [0.2, 0.25) is 0 Å². The largest absolute Gasteiger partial charge is 0.462 e. The summed E-state index contributed by atoms with van der Waals surface area (Å²) in [6, 6.07) is 0. The van der Waals surface area contributed by atoms with E-state index in [2.05, 4.69) is 0 Å². The fraction of sp³-hybridized carbons (Fsp3) is 0.857. The molecular weight excluding hydrogens is 164 g/mol. The molecule has 0 aromatic rings. The monoisotopic (exact) mass is 178 g/mol. The first kappa shape index (κ1) is 10.6. The average molecular weight is 178 g/mol. The molecule has 11 heavy (non-hydrogen) atoms. The molecule has 0 rings (SSSR count). The van der Waals surface area contributed by atoms with Gasteiger partial charge in [-0.15, -0.1) is 0 Å². The third-order valence-electron chi connectivity index (χ3n) is 0.968. The third-order valence-corrected chi connectivity index (χ3v) is 2.17. The molecule has 0 aromatic heterocycles. The Balaban J connectivity index is 3.61. The minimum atomic E-state index is -1.05. The first-order chi connectivity index (χ1) is 5.06. The van der Waals surface area contributed by atoms with Crippen LogP contribution in [0.1, 0.15) is 20.8 Å². The highest BCUT2D eigenvalue weighted by Gasteiger charge is 2.08. The van der Waals surface area contributed by atoms with E-state index >= 15 is 0 Å². The van der Waals surface area contributed by atoms with Crippen LogP contribution in [0.5, 0.6) is 0 Å². The molecule has 0 N–H and O–H groups in total. The number of carbonyl (C=O) groups is 1. The van der Waals surface area contributed by atoms with Gasteiger partial charge in [-0.3, -0.25) is 9.00 Å². The van der Waals surface area contributed by atoms with Crippen LogP contribution < -0.4 is 0 Å². The van der Waals surface area contributed by atoms with Crippen LogP contribution in [0.15, 0.2) is 0 Å². The van der Waals surface area contributed by atoms with E-state index in [1.807, 2.05) is 0 Å². The fourth-order valence-corrected chi connectivity index (χ4v) is 1.07. The summed E-state index contributed by atoms with van der Waals surface area (Å²) in [4.78, 5) is 10.8. The summed E-state index contributed by atoms with van der Waals surface area (Å²) in [6.07, 6.45) is -0.114. The normalized spacial score (nSPS) is 13.1. The molecule has 0 aliphatic carbocycles. The zero-order chi connectivity index (χ0) is 8.85. The van der Waals surface area contributed by atoms with Crippen molar-refractivity contribution in [3.05, 3.63) is 0 Å². The zero-order valence-electron chi connectivity index (χ0n) is 7.12. The van der Waals surface area contributed by atoms with Gasteiger partial charge in [0.1, 0.15) is 5.75 Å². The Kier molecular flexibility index (Phi) is 5.11. The Bertz CT molecular complexity index is 154. The summed E-state index contributed by atoms with van der Waals surface area (Å²) in [7, 11) is -1.05. The molecule has 0 spiro atoms. The van der Waals surface area contributed by atoms with Crippen molar-refractivity contribution in [1.82, 2.24) is 0 Å². The topological polar surface area (TPSA) is 43.4 Å². The van der Waals surface area contributed by atoms with Gasteiger partial charge in [-0.25, -0.2) is 0 Å². The maximum Gasteiger partial charge on any atom is 0.318 e. The smallest absolute Gasteiger partial charge is 0.318 e. The van der Waals surface area contributed by atoms with Gasteiger partial charge in [0.25, 0.3) is 0 Å². The molecule has 66 valence electrons. The molecule has 0 heterocycles. The highest BCUT2D eigenvalue weighted by Crippen LogP contribution is 1.91. The summed E-state index contributed by atoms with van der Waals surface area (Å²) in [5.41, 5.74) is 0. The van der Waals surface area contributed by atoms with Crippen molar-refractivity contribution in [3.8, 4) is 0 Å². The summed E-state index contributed by atoms with van der Waals surface area (Å²) in [5, 5.41) is 0. The molecule has 0 aromatic carbocycles. The second-order valence-corrected chi connectivity index (χ2v) is 4.16. The first-order valence-electron chi connectivity index (χ1n) is 3.60. The lowest BCUT2D eigenvalue weighted by Gasteiger charge is -2.06. The van der Waals surface area contributed by atoms with Crippen LogP contribution in [0.25, 0.3) is 0 Å². The van der Waals surface area contributed by atoms with E-state index < -0.39 is 10.8 Å². The van der Waals surface area contributed by atoms with Crippen LogP contribution >= 0.6 is 0 Å². The molecule has 0 bridgehead atoms. The number of hydrogen-bond donors (Lipinski definition) is 0. The number of esters is 1. The second kappa shape index (κ2) is 5.29. The summed E-state index contributed by atoms with van der Waals surface area (Å²) >= 11 is 0. The first-order valence-corrected chi connectivity index (χ1v) is 5.09. The van der Waals surface area contributed by atoms with Gasteiger partial charge in [0, 0.05) is 16.6 Å². The molecule has 1 atom stereocenters. The van der Waals surface area contributed by atoms with Gasteiger partial charge in [-0.1, -0.05) is 6.92 Å². The maximum absolute atomic E-state index is 10.8. The van der Waals surface area contributed by atoms with Gasteiger partial charge in [0.05, 0.1) is 6.10 Å². The van der Waals surface area contributed by atoms with Gasteiger partial charge >= 0.3 is 5.97 Å². The van der Waals surface area contributed by atoms with E-state index in [4.69, 9.17) is 4.74 Å². The van der Waals surface area contributed by atoms with Crippen LogP contribution in [0.3, 0.4) is 0 Å². The van der Waals surface area contributed by atoms with Crippen LogP contribution in [-0.4, -0.2) is 27.8 Å². The van der Waals surface area contributed by atoms with E-state index in [0.717, 1.165) is 0 Å². The summed E-state index contributed by atoms with van der Waals surface area (Å²) in [5.74, 6) is 0.155. The Morgan fingerprint density at radius 1 is 1.55 bits per heavy atom. The molecule has 0 aliphatic heterocycles. The van der Waals surface area contributed by atoms with E-state index in [0.29, 0.717) is 5.75 Å². The van der Waals surface area contributed by atoms with Crippen LogP contribution in [-0.2, 0) is 20.3 Å². The van der Waals surface area contributed by atoms with Crippen molar-refractivity contribution in [3.63, 3.8) is 0 Å². The van der Waals surface area contributed by atoms with Crippen molar-refractivity contribution in [2.75, 3.05) is 11.5 Å². The van der Waals surface area contributed by atoms with Crippen molar-refractivity contribution in [1.29, 1.82) is 0 Å². The van der Waals surface area contributed by atoms with Crippen LogP contribution in [0.2, 0.25) is 0 Å². The van der Waals surface area contributed by atoms with Gasteiger partial charge in [0.15, 0.2) is 0 Å². The Morgan fingerprint density at radius 2 is 2.09 bits per heavy atom. The molecule has 0 saturated heterocycles. The lowest BCUT2D eigenvalue weighted by molar-refractivity contribution is -0.144. The fourth-order valence-electron chi connectivity index (χ4n) is 0.530. The molecule has 0 amide bonds. The van der Waals surface area contributed by atoms with Crippen LogP contribution in [0, 0.1) is 0 Å². The van der Waals surface area contributed by atoms with E-state index in [-0.39, 0.29) is 17.8 Å². The van der Waals surface area contributed by atoms with Gasteiger partial charge < -0.3 is 4.74 Å². The second-order valence-electron chi connectivity index (χ2n) is 2.41. The molecule has 0 aliphatic rings. The van der Waals surface area contributed by atoms with Crippen molar-refractivity contribution in [2.45, 2.75) is 26.9 Å². The molecule has 3 nitrogen and oxygen atoms in total. The van der Waals surface area contributed by atoms with Gasteiger partial charge in [-0.2, -0.15) is 0 Å². The minimum absolute atomic E-state index is 0.0225. The number of ether oxygens (including phenoxy) is 1. The maximum atomic E-state index is 10.8. The van der Waals surface area contributed by atoms with E-state index in [9.17, 15) is 9.00 Å². The van der Waals surface area contributed by atoms with Crippen LogP contribution in [0.4, 0.5) is 0 Å². The molecule has 0 fully saturated rings. The number of rotatable bonds is 4. The van der Waals surface area contributed by atoms with E-state index in [1.54, 1.807) is 20.8 Å². The number of hydrogen-bond acceptors (Lipinski definition) is 3. The summed E-state index contributed by atoms with van der Waals surface area (Å²) in [6.45, 7) is 5.32. The molecule has 0 radical (unpaired) electrons. The Hall–Kier alpha value is -0.380. The van der Waals surface area contributed by atoms with Crippen molar-refractivity contribution >= 4 is 16.8 Å². The van der Waals surface area contributed by atoms with Gasteiger partial charge in [-0.05, 0) is 13.8 Å². The SMILES string of the molecule is CCS(=O)CC(=O)OC(C)C. The quantitative estimate of drug-likeness (QED) is 0.595. The third kappa shape index (κ3) is 6.04. The Morgan fingerprint density at radius 3 is 2.45 bits per heavy atom. The van der Waals surface area contributed by atoms with E-state index in [1.165, 1.54) is 0 Å². The van der Waals surface area contributed by atoms with Crippen molar-refractivity contribution in [2.24, 2.45) is 0 Å². The van der Waals surface area contributed by atoms with Crippen molar-refractivity contribution < 1.29 is 13.7 Å². The molecule has 1 unspecified atom stereocenters. The highest BCUT2D eigenvalue weighted by molar-refractivity contribution is 7.85. The highest BCUT2D eigenvalue weighted by atomic mass is 32.2. The lowest BCUT2D eigenvalue weighted by Crippen LogP contribution is -2.18. The molecule has 0 saturated carbocycles. The predicted molar refractivity (Wildman–Crippen MR) is 44.8 cm³/mol. The average Bonchev–Trinajstić information content (AvgIpc) is 1.85. The number of carbonyl (C=O) groups excluding carboxylic acids is 1. The molecule has 4 heteroatoms. The lowest BCUT2D eigenvalue weighted by atomic mass is 10.5.